The van der Waals surface area contributed by atoms with Gasteiger partial charge in [0.2, 0.25) is 5.91 Å². The summed E-state index contributed by atoms with van der Waals surface area (Å²) in [4.78, 5) is 29.1. The summed E-state index contributed by atoms with van der Waals surface area (Å²) < 4.78 is 0. The van der Waals surface area contributed by atoms with E-state index in [9.17, 15) is 9.59 Å². The number of carbonyl (C=O) groups is 2. The lowest BCUT2D eigenvalue weighted by atomic mass is 9.60. The van der Waals surface area contributed by atoms with Crippen LogP contribution in [0.5, 0.6) is 0 Å². The van der Waals surface area contributed by atoms with Gasteiger partial charge in [-0.3, -0.25) is 14.5 Å². The van der Waals surface area contributed by atoms with Gasteiger partial charge in [-0.25, -0.2) is 0 Å². The maximum Gasteiger partial charge on any atom is 0.261 e. The van der Waals surface area contributed by atoms with Gasteiger partial charge in [0.1, 0.15) is 0 Å². The second-order valence-corrected chi connectivity index (χ2v) is 14.7. The molecule has 1 aliphatic rings. The number of hydrogen-bond acceptors (Lipinski definition) is 2. The van der Waals surface area contributed by atoms with Crippen molar-refractivity contribution in [3.8, 4) is 0 Å². The summed E-state index contributed by atoms with van der Waals surface area (Å²) in [6.45, 7) is 32.6. The van der Waals surface area contributed by atoms with Gasteiger partial charge in [0.05, 0.1) is 6.42 Å². The van der Waals surface area contributed by atoms with Crippen LogP contribution in [-0.2, 0) is 32.9 Å². The molecule has 0 unspecified atom stereocenters. The Hall–Kier alpha value is -1.64. The molecule has 0 bridgehead atoms. The van der Waals surface area contributed by atoms with E-state index in [1.165, 1.54) is 21.6 Å². The molecule has 0 aromatic heterocycles. The van der Waals surface area contributed by atoms with Gasteiger partial charge < -0.3 is 0 Å². The van der Waals surface area contributed by atoms with Gasteiger partial charge in [0.15, 0.2) is 0 Å². The zero-order valence-electron chi connectivity index (χ0n) is 23.5. The third-order valence-electron chi connectivity index (χ3n) is 6.27. The lowest BCUT2D eigenvalue weighted by Gasteiger charge is -2.46. The Balaban J connectivity index is 3.34. The summed E-state index contributed by atoms with van der Waals surface area (Å²) in [5.41, 5.74) is 5.32. The number of amides is 2. The minimum absolute atomic E-state index is 0.0938. The average Bonchev–Trinajstić information content (AvgIpc) is 2.46. The summed E-state index contributed by atoms with van der Waals surface area (Å²) in [5.74, 6) is -0.228. The number of nitrogens with zero attached hydrogens (tertiary/aromatic N) is 1. The van der Waals surface area contributed by atoms with Crippen LogP contribution in [0.1, 0.15) is 142 Å². The van der Waals surface area contributed by atoms with Crippen molar-refractivity contribution in [2.45, 2.75) is 137 Å². The normalized spacial score (nSPS) is 16.5. The number of imide groups is 1. The third kappa shape index (κ3) is 4.54. The van der Waals surface area contributed by atoms with E-state index < -0.39 is 5.54 Å². The van der Waals surface area contributed by atoms with Crippen LogP contribution in [0.4, 0.5) is 0 Å². The van der Waals surface area contributed by atoms with Crippen LogP contribution in [0.15, 0.2) is 0 Å². The van der Waals surface area contributed by atoms with Crippen LogP contribution in [0.3, 0.4) is 0 Å². The average molecular weight is 442 g/mol. The van der Waals surface area contributed by atoms with E-state index in [1.807, 2.05) is 20.8 Å². The largest absolute Gasteiger partial charge is 0.274 e. The molecule has 0 saturated heterocycles. The molecule has 1 aromatic rings. The maximum atomic E-state index is 14.2. The van der Waals surface area contributed by atoms with Crippen LogP contribution >= 0.6 is 0 Å². The molecule has 1 aliphatic heterocycles. The Morgan fingerprint density at radius 2 is 0.875 bits per heavy atom. The molecule has 1 aromatic carbocycles. The Morgan fingerprint density at radius 1 is 0.531 bits per heavy atom. The smallest absolute Gasteiger partial charge is 0.261 e. The van der Waals surface area contributed by atoms with Crippen molar-refractivity contribution in [1.82, 2.24) is 4.90 Å². The standard InChI is InChI=1S/C29H47NO2/c1-25(2,3)20-17-16-18(31)30(29(13,14)15)24(32)19(17)21(26(4,5)6)23(28(10,11)12)22(20)27(7,8)9/h16H2,1-15H3. The van der Waals surface area contributed by atoms with E-state index in [0.717, 1.165) is 16.7 Å². The number of hydrogen-bond donors (Lipinski definition) is 0. The van der Waals surface area contributed by atoms with Gasteiger partial charge in [-0.2, -0.15) is 0 Å². The second-order valence-electron chi connectivity index (χ2n) is 14.7. The molecule has 32 heavy (non-hydrogen) atoms. The molecule has 2 amide bonds. The van der Waals surface area contributed by atoms with E-state index in [1.54, 1.807) is 0 Å². The van der Waals surface area contributed by atoms with Gasteiger partial charge in [0, 0.05) is 11.1 Å². The Bertz CT molecular complexity index is 946. The van der Waals surface area contributed by atoms with Gasteiger partial charge in [0.25, 0.3) is 5.91 Å². The highest BCUT2D eigenvalue weighted by molar-refractivity contribution is 6.12. The topological polar surface area (TPSA) is 37.4 Å². The number of rotatable bonds is 0. The van der Waals surface area contributed by atoms with Crippen molar-refractivity contribution in [1.29, 1.82) is 0 Å². The van der Waals surface area contributed by atoms with Crippen molar-refractivity contribution in [3.05, 3.63) is 33.4 Å². The van der Waals surface area contributed by atoms with Crippen LogP contribution in [0.2, 0.25) is 0 Å². The molecular formula is C29H47NO2. The SMILES string of the molecule is CC(C)(C)c1c2c(c(C(C)(C)C)c(C(C)(C)C)c1C(C)(C)C)C(=O)N(C(C)(C)C)C(=O)C2. The third-order valence-corrected chi connectivity index (χ3v) is 6.27. The molecule has 0 radical (unpaired) electrons. The van der Waals surface area contributed by atoms with Crippen LogP contribution in [-0.4, -0.2) is 22.3 Å². The van der Waals surface area contributed by atoms with Gasteiger partial charge in [-0.15, -0.1) is 0 Å². The molecule has 0 N–H and O–H groups in total. The van der Waals surface area contributed by atoms with Crippen molar-refractivity contribution >= 4 is 11.8 Å². The maximum absolute atomic E-state index is 14.2. The van der Waals surface area contributed by atoms with Crippen molar-refractivity contribution in [2.24, 2.45) is 0 Å². The molecule has 2 rings (SSSR count). The monoisotopic (exact) mass is 441 g/mol. The van der Waals surface area contributed by atoms with Crippen LogP contribution in [0, 0.1) is 0 Å². The highest BCUT2D eigenvalue weighted by Gasteiger charge is 2.47. The fourth-order valence-electron chi connectivity index (χ4n) is 5.43. The lowest BCUT2D eigenvalue weighted by molar-refractivity contribution is -0.132. The van der Waals surface area contributed by atoms with Crippen LogP contribution in [0.25, 0.3) is 0 Å². The first-order valence-corrected chi connectivity index (χ1v) is 12.0. The van der Waals surface area contributed by atoms with Gasteiger partial charge in [-0.05, 0) is 70.2 Å². The summed E-state index contributed by atoms with van der Waals surface area (Å²) in [7, 11) is 0. The minimum atomic E-state index is -0.562. The Morgan fingerprint density at radius 3 is 1.19 bits per heavy atom. The van der Waals surface area contributed by atoms with Crippen molar-refractivity contribution < 1.29 is 9.59 Å². The predicted octanol–water partition coefficient (Wildman–Crippen LogP) is 7.20. The highest BCUT2D eigenvalue weighted by Crippen LogP contribution is 2.50. The summed E-state index contributed by atoms with van der Waals surface area (Å²) in [5, 5.41) is 0. The highest BCUT2D eigenvalue weighted by atomic mass is 16.2. The van der Waals surface area contributed by atoms with E-state index in [2.05, 4.69) is 83.1 Å². The first-order chi connectivity index (χ1) is 13.9. The number of carbonyl (C=O) groups excluding carboxylic acids is 2. The Labute approximate surface area is 197 Å². The van der Waals surface area contributed by atoms with E-state index in [-0.39, 0.29) is 39.9 Å². The van der Waals surface area contributed by atoms with Crippen molar-refractivity contribution in [3.63, 3.8) is 0 Å². The van der Waals surface area contributed by atoms with Gasteiger partial charge in [-0.1, -0.05) is 83.1 Å². The second kappa shape index (κ2) is 7.43. The molecule has 0 aliphatic carbocycles. The van der Waals surface area contributed by atoms with E-state index >= 15 is 0 Å². The van der Waals surface area contributed by atoms with E-state index in [4.69, 9.17) is 0 Å². The summed E-state index contributed by atoms with van der Waals surface area (Å²) in [6, 6.07) is 0. The molecular weight excluding hydrogens is 394 g/mol. The predicted molar refractivity (Wildman–Crippen MR) is 136 cm³/mol. The molecule has 3 heteroatoms. The lowest BCUT2D eigenvalue weighted by Crippen LogP contribution is -2.54. The molecule has 0 saturated carbocycles. The van der Waals surface area contributed by atoms with Gasteiger partial charge >= 0.3 is 0 Å². The van der Waals surface area contributed by atoms with Crippen molar-refractivity contribution in [2.75, 3.05) is 0 Å². The molecule has 180 valence electrons. The fraction of sp³-hybridized carbons (Fsp3) is 0.724. The minimum Gasteiger partial charge on any atom is -0.274 e. The first kappa shape index (κ1) is 26.6. The summed E-state index contributed by atoms with van der Waals surface area (Å²) >= 11 is 0. The number of benzene rings is 1. The van der Waals surface area contributed by atoms with Crippen LogP contribution < -0.4 is 0 Å². The van der Waals surface area contributed by atoms with E-state index in [0.29, 0.717) is 0 Å². The molecule has 0 spiro atoms. The number of fused-ring (bicyclic) bond motifs is 1. The summed E-state index contributed by atoms with van der Waals surface area (Å²) in [6.07, 6.45) is 0.279. The molecule has 0 fully saturated rings. The zero-order valence-corrected chi connectivity index (χ0v) is 23.5. The zero-order chi connectivity index (χ0) is 25.4. The molecule has 1 heterocycles. The fourth-order valence-corrected chi connectivity index (χ4v) is 5.43. The first-order valence-electron chi connectivity index (χ1n) is 12.0. The Kier molecular flexibility index (Phi) is 6.18. The quantitative estimate of drug-likeness (QED) is 0.399. The molecule has 0 atom stereocenters. The molecule has 3 nitrogen and oxygen atoms in total.